The standard InChI is InChI=1S/C8H14N4O2S/c1-15(14)5-3-10-8(13)6-12-4-2-7(9)11-12/h2,4H,3,5-6H2,1H3,(H2,9,11)(H,10,13). The number of carbonyl (C=O) groups excluding carboxylic acids is 1. The van der Waals surface area contributed by atoms with Gasteiger partial charge in [-0.15, -0.1) is 0 Å². The van der Waals surface area contributed by atoms with Crippen LogP contribution in [0.25, 0.3) is 0 Å². The van der Waals surface area contributed by atoms with Gasteiger partial charge in [-0.2, -0.15) is 5.10 Å². The molecule has 0 fully saturated rings. The van der Waals surface area contributed by atoms with Crippen LogP contribution in [0.3, 0.4) is 0 Å². The molecule has 1 atom stereocenters. The topological polar surface area (TPSA) is 90.0 Å². The molecule has 0 spiro atoms. The summed E-state index contributed by atoms with van der Waals surface area (Å²) in [7, 11) is -0.881. The molecule has 0 saturated carbocycles. The van der Waals surface area contributed by atoms with Crippen molar-refractivity contribution in [2.45, 2.75) is 6.54 Å². The molecule has 84 valence electrons. The van der Waals surface area contributed by atoms with Crippen molar-refractivity contribution < 1.29 is 9.00 Å². The Bertz CT molecular complexity index is 363. The average molecular weight is 230 g/mol. The van der Waals surface area contributed by atoms with Crippen molar-refractivity contribution in [3.63, 3.8) is 0 Å². The molecule has 0 bridgehead atoms. The number of nitrogen functional groups attached to an aromatic ring is 1. The fraction of sp³-hybridized carbons (Fsp3) is 0.500. The predicted octanol–water partition coefficient (Wildman–Crippen LogP) is -1.04. The molecule has 15 heavy (non-hydrogen) atoms. The second-order valence-corrected chi connectivity index (χ2v) is 4.62. The maximum absolute atomic E-state index is 11.3. The number of nitrogens with zero attached hydrogens (tertiary/aromatic N) is 2. The highest BCUT2D eigenvalue weighted by Crippen LogP contribution is 1.94. The lowest BCUT2D eigenvalue weighted by Gasteiger charge is -2.03. The molecule has 0 saturated heterocycles. The van der Waals surface area contributed by atoms with E-state index in [9.17, 15) is 9.00 Å². The lowest BCUT2D eigenvalue weighted by molar-refractivity contribution is -0.121. The average Bonchev–Trinajstić information content (AvgIpc) is 2.50. The Kier molecular flexibility index (Phi) is 4.29. The summed E-state index contributed by atoms with van der Waals surface area (Å²) in [4.78, 5) is 11.3. The van der Waals surface area contributed by atoms with E-state index in [0.717, 1.165) is 0 Å². The highest BCUT2D eigenvalue weighted by molar-refractivity contribution is 7.84. The summed E-state index contributed by atoms with van der Waals surface area (Å²) < 4.78 is 12.2. The number of carbonyl (C=O) groups is 1. The van der Waals surface area contributed by atoms with Crippen molar-refractivity contribution in [1.82, 2.24) is 15.1 Å². The summed E-state index contributed by atoms with van der Waals surface area (Å²) in [5.41, 5.74) is 5.39. The van der Waals surface area contributed by atoms with Gasteiger partial charge in [0.15, 0.2) is 0 Å². The number of nitrogens with two attached hydrogens (primary N) is 1. The molecule has 1 rings (SSSR count). The van der Waals surface area contributed by atoms with Gasteiger partial charge in [0.05, 0.1) is 0 Å². The first-order valence-corrected chi connectivity index (χ1v) is 6.16. The highest BCUT2D eigenvalue weighted by atomic mass is 32.2. The molecule has 0 aromatic carbocycles. The van der Waals surface area contributed by atoms with E-state index in [1.54, 1.807) is 18.5 Å². The van der Waals surface area contributed by atoms with Gasteiger partial charge in [0, 0.05) is 35.5 Å². The zero-order chi connectivity index (χ0) is 11.3. The molecule has 0 radical (unpaired) electrons. The van der Waals surface area contributed by atoms with Crippen molar-refractivity contribution >= 4 is 22.5 Å². The van der Waals surface area contributed by atoms with Crippen LogP contribution < -0.4 is 11.1 Å². The molecule has 1 unspecified atom stereocenters. The Hall–Kier alpha value is -1.37. The van der Waals surface area contributed by atoms with Crippen LogP contribution in [0.5, 0.6) is 0 Å². The number of nitrogens with one attached hydrogen (secondary N) is 1. The minimum Gasteiger partial charge on any atom is -0.382 e. The summed E-state index contributed by atoms with van der Waals surface area (Å²) in [5.74, 6) is 0.688. The van der Waals surface area contributed by atoms with Gasteiger partial charge in [0.2, 0.25) is 5.91 Å². The lowest BCUT2D eigenvalue weighted by Crippen LogP contribution is -2.30. The Balaban J connectivity index is 2.27. The number of aromatic nitrogens is 2. The first-order chi connectivity index (χ1) is 7.08. The van der Waals surface area contributed by atoms with Crippen LogP contribution >= 0.6 is 0 Å². The van der Waals surface area contributed by atoms with E-state index in [-0.39, 0.29) is 12.5 Å². The van der Waals surface area contributed by atoms with Gasteiger partial charge in [-0.05, 0) is 6.07 Å². The van der Waals surface area contributed by atoms with Crippen molar-refractivity contribution in [2.75, 3.05) is 24.3 Å². The maximum atomic E-state index is 11.3. The SMILES string of the molecule is CS(=O)CCNC(=O)Cn1ccc(N)n1. The van der Waals surface area contributed by atoms with Gasteiger partial charge in [-0.25, -0.2) is 0 Å². The molecular weight excluding hydrogens is 216 g/mol. The Morgan fingerprint density at radius 1 is 1.73 bits per heavy atom. The lowest BCUT2D eigenvalue weighted by atomic mass is 10.5. The summed E-state index contributed by atoms with van der Waals surface area (Å²) in [6.07, 6.45) is 3.23. The van der Waals surface area contributed by atoms with Crippen molar-refractivity contribution in [3.05, 3.63) is 12.3 Å². The molecule has 0 aliphatic rings. The summed E-state index contributed by atoms with van der Waals surface area (Å²) in [6, 6.07) is 1.62. The van der Waals surface area contributed by atoms with E-state index in [1.807, 2.05) is 0 Å². The van der Waals surface area contributed by atoms with Crippen molar-refractivity contribution in [3.8, 4) is 0 Å². The van der Waals surface area contributed by atoms with Crippen LogP contribution in [0.1, 0.15) is 0 Å². The zero-order valence-corrected chi connectivity index (χ0v) is 9.29. The van der Waals surface area contributed by atoms with E-state index in [2.05, 4.69) is 10.4 Å². The number of amides is 1. The number of hydrogen-bond acceptors (Lipinski definition) is 4. The van der Waals surface area contributed by atoms with Crippen molar-refractivity contribution in [2.24, 2.45) is 0 Å². The van der Waals surface area contributed by atoms with E-state index >= 15 is 0 Å². The maximum Gasteiger partial charge on any atom is 0.241 e. The number of hydrogen-bond donors (Lipinski definition) is 2. The molecular formula is C8H14N4O2S. The fourth-order valence-corrected chi connectivity index (χ4v) is 1.39. The molecule has 1 aromatic heterocycles. The third-order valence-electron chi connectivity index (χ3n) is 1.68. The third kappa shape index (κ3) is 4.59. The minimum atomic E-state index is -0.881. The normalized spacial score (nSPS) is 12.3. The quantitative estimate of drug-likeness (QED) is 0.676. The fourth-order valence-electron chi connectivity index (χ4n) is 1.00. The summed E-state index contributed by atoms with van der Waals surface area (Å²) >= 11 is 0. The van der Waals surface area contributed by atoms with Gasteiger partial charge < -0.3 is 11.1 Å². The van der Waals surface area contributed by atoms with E-state index in [0.29, 0.717) is 18.1 Å². The van der Waals surface area contributed by atoms with Crippen LogP contribution in [0.4, 0.5) is 5.82 Å². The van der Waals surface area contributed by atoms with Crippen LogP contribution in [-0.4, -0.2) is 38.4 Å². The molecule has 6 nitrogen and oxygen atoms in total. The molecule has 0 aliphatic carbocycles. The second kappa shape index (κ2) is 5.50. The van der Waals surface area contributed by atoms with Gasteiger partial charge in [0.25, 0.3) is 0 Å². The molecule has 1 aromatic rings. The molecule has 1 amide bonds. The van der Waals surface area contributed by atoms with E-state index < -0.39 is 10.8 Å². The molecule has 7 heteroatoms. The van der Waals surface area contributed by atoms with Gasteiger partial charge >= 0.3 is 0 Å². The second-order valence-electron chi connectivity index (χ2n) is 3.07. The smallest absolute Gasteiger partial charge is 0.241 e. The minimum absolute atomic E-state index is 0.132. The van der Waals surface area contributed by atoms with Crippen LogP contribution in [0, 0.1) is 0 Å². The Morgan fingerprint density at radius 3 is 3.00 bits per heavy atom. The third-order valence-corrected chi connectivity index (χ3v) is 2.46. The Labute approximate surface area is 90.3 Å². The largest absolute Gasteiger partial charge is 0.382 e. The summed E-state index contributed by atoms with van der Waals surface area (Å²) in [6.45, 7) is 0.548. The van der Waals surface area contributed by atoms with Crippen LogP contribution in [0.2, 0.25) is 0 Å². The van der Waals surface area contributed by atoms with Crippen molar-refractivity contribution in [1.29, 1.82) is 0 Å². The predicted molar refractivity (Wildman–Crippen MR) is 58.6 cm³/mol. The van der Waals surface area contributed by atoms with Crippen LogP contribution in [-0.2, 0) is 22.1 Å². The molecule has 0 aliphatic heterocycles. The summed E-state index contributed by atoms with van der Waals surface area (Å²) in [5, 5.41) is 6.51. The van der Waals surface area contributed by atoms with Gasteiger partial charge in [0.1, 0.15) is 12.4 Å². The highest BCUT2D eigenvalue weighted by Gasteiger charge is 2.03. The van der Waals surface area contributed by atoms with Gasteiger partial charge in [-0.3, -0.25) is 13.7 Å². The Morgan fingerprint density at radius 2 is 2.47 bits per heavy atom. The van der Waals surface area contributed by atoms with E-state index in [1.165, 1.54) is 4.68 Å². The first-order valence-electron chi connectivity index (χ1n) is 4.43. The first kappa shape index (κ1) is 11.7. The monoisotopic (exact) mass is 230 g/mol. The van der Waals surface area contributed by atoms with Gasteiger partial charge in [-0.1, -0.05) is 0 Å². The number of anilines is 1. The molecule has 1 heterocycles. The number of rotatable bonds is 5. The van der Waals surface area contributed by atoms with Crippen LogP contribution in [0.15, 0.2) is 12.3 Å². The van der Waals surface area contributed by atoms with E-state index in [4.69, 9.17) is 5.73 Å². The molecule has 3 N–H and O–H groups in total. The zero-order valence-electron chi connectivity index (χ0n) is 8.47.